The standard InChI is InChI=1S/C18H26N2O3S/c1-12-11-13(2)15(4)18(14(12)3)24(22,23)19-9-8-17(21)16-7-6-10-20(16)5/h6-7,10-11,17,19,21H,8-9H2,1-5H3. The summed E-state index contributed by atoms with van der Waals surface area (Å²) in [4.78, 5) is 0.355. The van der Waals surface area contributed by atoms with E-state index in [2.05, 4.69) is 4.72 Å². The number of nitrogens with one attached hydrogen (secondary N) is 1. The van der Waals surface area contributed by atoms with Gasteiger partial charge in [0.25, 0.3) is 0 Å². The molecule has 0 radical (unpaired) electrons. The van der Waals surface area contributed by atoms with Crippen molar-refractivity contribution in [1.29, 1.82) is 0 Å². The van der Waals surface area contributed by atoms with Crippen molar-refractivity contribution in [1.82, 2.24) is 9.29 Å². The normalized spacial score (nSPS) is 13.2. The summed E-state index contributed by atoms with van der Waals surface area (Å²) >= 11 is 0. The fourth-order valence-corrected chi connectivity index (χ4v) is 4.61. The van der Waals surface area contributed by atoms with Gasteiger partial charge in [-0.3, -0.25) is 0 Å². The lowest BCUT2D eigenvalue weighted by Crippen LogP contribution is -2.28. The van der Waals surface area contributed by atoms with Gasteiger partial charge in [0, 0.05) is 25.5 Å². The second-order valence-corrected chi connectivity index (χ2v) is 8.04. The highest BCUT2D eigenvalue weighted by Gasteiger charge is 2.22. The lowest BCUT2D eigenvalue weighted by atomic mass is 10.0. The highest BCUT2D eigenvalue weighted by molar-refractivity contribution is 7.89. The van der Waals surface area contributed by atoms with Crippen LogP contribution in [0.15, 0.2) is 29.3 Å². The topological polar surface area (TPSA) is 71.3 Å². The average molecular weight is 350 g/mol. The van der Waals surface area contributed by atoms with Gasteiger partial charge in [-0.1, -0.05) is 6.07 Å². The molecule has 1 aromatic heterocycles. The third kappa shape index (κ3) is 3.71. The molecule has 2 aromatic rings. The van der Waals surface area contributed by atoms with Crippen LogP contribution in [0.3, 0.4) is 0 Å². The molecule has 0 aliphatic carbocycles. The smallest absolute Gasteiger partial charge is 0.241 e. The number of benzene rings is 1. The van der Waals surface area contributed by atoms with E-state index in [0.717, 1.165) is 27.9 Å². The zero-order valence-electron chi connectivity index (χ0n) is 14.9. The molecule has 0 aliphatic heterocycles. The molecule has 0 aliphatic rings. The SMILES string of the molecule is Cc1cc(C)c(C)c(S(=O)(=O)NCCC(O)c2cccn2C)c1C. The predicted molar refractivity (Wildman–Crippen MR) is 95.6 cm³/mol. The van der Waals surface area contributed by atoms with Crippen molar-refractivity contribution in [3.63, 3.8) is 0 Å². The zero-order chi connectivity index (χ0) is 18.1. The first-order chi connectivity index (χ1) is 11.1. The van der Waals surface area contributed by atoms with E-state index in [1.807, 2.05) is 63.7 Å². The molecule has 2 N–H and O–H groups in total. The van der Waals surface area contributed by atoms with Crippen LogP contribution in [0.5, 0.6) is 0 Å². The number of sulfonamides is 1. The summed E-state index contributed by atoms with van der Waals surface area (Å²) in [6, 6.07) is 5.69. The summed E-state index contributed by atoms with van der Waals surface area (Å²) in [6.07, 6.45) is 1.47. The van der Waals surface area contributed by atoms with E-state index >= 15 is 0 Å². The number of nitrogens with zero attached hydrogens (tertiary/aromatic N) is 1. The summed E-state index contributed by atoms with van der Waals surface area (Å²) < 4.78 is 29.9. The molecule has 0 spiro atoms. The van der Waals surface area contributed by atoms with E-state index < -0.39 is 16.1 Å². The van der Waals surface area contributed by atoms with E-state index in [1.165, 1.54) is 0 Å². The Morgan fingerprint density at radius 2 is 1.75 bits per heavy atom. The van der Waals surface area contributed by atoms with Crippen molar-refractivity contribution >= 4 is 10.0 Å². The Bertz CT molecular complexity index is 812. The van der Waals surface area contributed by atoms with E-state index in [4.69, 9.17) is 0 Å². The Labute approximate surface area is 144 Å². The molecule has 0 bridgehead atoms. The molecule has 0 saturated heterocycles. The van der Waals surface area contributed by atoms with Crippen molar-refractivity contribution in [2.75, 3.05) is 6.54 Å². The molecule has 2 rings (SSSR count). The zero-order valence-corrected chi connectivity index (χ0v) is 15.7. The van der Waals surface area contributed by atoms with Gasteiger partial charge in [-0.15, -0.1) is 0 Å². The summed E-state index contributed by atoms with van der Waals surface area (Å²) in [5, 5.41) is 10.2. The fourth-order valence-electron chi connectivity index (χ4n) is 2.95. The van der Waals surface area contributed by atoms with Gasteiger partial charge in [0.2, 0.25) is 10.0 Å². The number of hydrogen-bond donors (Lipinski definition) is 2. The van der Waals surface area contributed by atoms with Crippen LogP contribution in [0.4, 0.5) is 0 Å². The van der Waals surface area contributed by atoms with Crippen molar-refractivity contribution in [2.45, 2.75) is 45.1 Å². The minimum absolute atomic E-state index is 0.181. The molecular formula is C18H26N2O3S. The second-order valence-electron chi connectivity index (χ2n) is 6.34. The number of aromatic nitrogens is 1. The Morgan fingerprint density at radius 1 is 1.17 bits per heavy atom. The van der Waals surface area contributed by atoms with Crippen molar-refractivity contribution < 1.29 is 13.5 Å². The minimum Gasteiger partial charge on any atom is -0.387 e. The van der Waals surface area contributed by atoms with E-state index in [1.54, 1.807) is 0 Å². The third-order valence-corrected chi connectivity index (χ3v) is 6.34. The van der Waals surface area contributed by atoms with Gasteiger partial charge < -0.3 is 9.67 Å². The first-order valence-electron chi connectivity index (χ1n) is 8.01. The number of aliphatic hydroxyl groups excluding tert-OH is 1. The largest absolute Gasteiger partial charge is 0.387 e. The molecule has 1 aromatic carbocycles. The molecule has 0 amide bonds. The van der Waals surface area contributed by atoms with Crippen molar-refractivity contribution in [3.8, 4) is 0 Å². The fraction of sp³-hybridized carbons (Fsp3) is 0.444. The van der Waals surface area contributed by atoms with Gasteiger partial charge in [-0.25, -0.2) is 13.1 Å². The van der Waals surface area contributed by atoms with Crippen LogP contribution in [-0.2, 0) is 17.1 Å². The molecule has 1 heterocycles. The summed E-state index contributed by atoms with van der Waals surface area (Å²) in [7, 11) is -1.76. The average Bonchev–Trinajstić information content (AvgIpc) is 2.91. The van der Waals surface area contributed by atoms with E-state index in [-0.39, 0.29) is 6.54 Å². The summed E-state index contributed by atoms with van der Waals surface area (Å²) in [5.74, 6) is 0. The lowest BCUT2D eigenvalue weighted by Gasteiger charge is -2.17. The number of rotatable bonds is 6. The highest BCUT2D eigenvalue weighted by Crippen LogP contribution is 2.26. The van der Waals surface area contributed by atoms with Gasteiger partial charge in [0.15, 0.2) is 0 Å². The lowest BCUT2D eigenvalue weighted by molar-refractivity contribution is 0.161. The van der Waals surface area contributed by atoms with Crippen LogP contribution < -0.4 is 4.72 Å². The monoisotopic (exact) mass is 350 g/mol. The van der Waals surface area contributed by atoms with Gasteiger partial charge in [0.05, 0.1) is 11.0 Å². The van der Waals surface area contributed by atoms with Crippen LogP contribution in [0.1, 0.15) is 40.5 Å². The maximum atomic E-state index is 12.7. The number of hydrogen-bond acceptors (Lipinski definition) is 3. The van der Waals surface area contributed by atoms with Crippen molar-refractivity contribution in [3.05, 3.63) is 52.3 Å². The molecule has 0 saturated carbocycles. The van der Waals surface area contributed by atoms with Gasteiger partial charge in [-0.2, -0.15) is 0 Å². The highest BCUT2D eigenvalue weighted by atomic mass is 32.2. The Kier molecular flexibility index (Phi) is 5.52. The predicted octanol–water partition coefficient (Wildman–Crippen LogP) is 2.66. The van der Waals surface area contributed by atoms with E-state index in [9.17, 15) is 13.5 Å². The molecule has 132 valence electrons. The van der Waals surface area contributed by atoms with Gasteiger partial charge in [-0.05, 0) is 68.5 Å². The van der Waals surface area contributed by atoms with Crippen LogP contribution >= 0.6 is 0 Å². The maximum Gasteiger partial charge on any atom is 0.241 e. The Hall–Kier alpha value is -1.63. The quantitative estimate of drug-likeness (QED) is 0.841. The first-order valence-corrected chi connectivity index (χ1v) is 9.50. The molecule has 1 atom stereocenters. The summed E-state index contributed by atoms with van der Waals surface area (Å²) in [5.41, 5.74) is 4.24. The number of aryl methyl sites for hydroxylation is 3. The second kappa shape index (κ2) is 7.09. The summed E-state index contributed by atoms with van der Waals surface area (Å²) in [6.45, 7) is 7.67. The van der Waals surface area contributed by atoms with Crippen molar-refractivity contribution in [2.24, 2.45) is 7.05 Å². The maximum absolute atomic E-state index is 12.7. The van der Waals surface area contributed by atoms with Crippen LogP contribution in [0.2, 0.25) is 0 Å². The van der Waals surface area contributed by atoms with Crippen LogP contribution in [0, 0.1) is 27.7 Å². The molecule has 5 nitrogen and oxygen atoms in total. The molecular weight excluding hydrogens is 324 g/mol. The van der Waals surface area contributed by atoms with Crippen LogP contribution in [-0.4, -0.2) is 24.6 Å². The minimum atomic E-state index is -3.61. The Balaban J connectivity index is 2.14. The van der Waals surface area contributed by atoms with Gasteiger partial charge >= 0.3 is 0 Å². The van der Waals surface area contributed by atoms with E-state index in [0.29, 0.717) is 11.3 Å². The Morgan fingerprint density at radius 3 is 2.25 bits per heavy atom. The number of aliphatic hydroxyl groups is 1. The van der Waals surface area contributed by atoms with Crippen LogP contribution in [0.25, 0.3) is 0 Å². The molecule has 0 fully saturated rings. The molecule has 6 heteroatoms. The molecule has 24 heavy (non-hydrogen) atoms. The van der Waals surface area contributed by atoms with Gasteiger partial charge in [0.1, 0.15) is 0 Å². The molecule has 1 unspecified atom stereocenters. The third-order valence-electron chi connectivity index (χ3n) is 4.60. The first kappa shape index (κ1) is 18.7.